The summed E-state index contributed by atoms with van der Waals surface area (Å²) in [4.78, 5) is 11.5. The Kier molecular flexibility index (Phi) is 3.97. The molecule has 0 saturated heterocycles. The zero-order valence-corrected chi connectivity index (χ0v) is 9.51. The van der Waals surface area contributed by atoms with Crippen molar-refractivity contribution in [3.8, 4) is 5.75 Å². The maximum atomic E-state index is 11.5. The van der Waals surface area contributed by atoms with Crippen LogP contribution < -0.4 is 5.32 Å². The predicted octanol–water partition coefficient (Wildman–Crippen LogP) is 2.51. The number of carbonyl (C=O) groups excluding carboxylic acids is 1. The average Bonchev–Trinajstić information content (AvgIpc) is 2.22. The van der Waals surface area contributed by atoms with E-state index in [1.807, 2.05) is 0 Å². The summed E-state index contributed by atoms with van der Waals surface area (Å²) in [7, 11) is 0. The van der Waals surface area contributed by atoms with Gasteiger partial charge in [-0.05, 0) is 18.6 Å². The molecule has 1 aromatic carbocycles. The van der Waals surface area contributed by atoms with Gasteiger partial charge in [0.1, 0.15) is 5.75 Å². The van der Waals surface area contributed by atoms with Crippen LogP contribution in [0.3, 0.4) is 0 Å². The van der Waals surface area contributed by atoms with E-state index in [2.05, 4.69) is 5.32 Å². The van der Waals surface area contributed by atoms with Crippen LogP contribution in [0, 0.1) is 12.8 Å². The number of phenols is 1. The number of nitrogens with one attached hydrogen (secondary N) is 1. The highest BCUT2D eigenvalue weighted by Gasteiger charge is 2.11. The van der Waals surface area contributed by atoms with Gasteiger partial charge < -0.3 is 10.4 Å². The van der Waals surface area contributed by atoms with Gasteiger partial charge in [0.2, 0.25) is 5.91 Å². The standard InChI is InChI=1S/C11H14ClNO2/c1-7-3-4-9(5-10(7)14)13-11(15)8(2)6-12/h3-5,8,14H,6H2,1-2H3,(H,13,15). The molecule has 0 aliphatic rings. The Labute approximate surface area is 94.1 Å². The van der Waals surface area contributed by atoms with E-state index >= 15 is 0 Å². The Hall–Kier alpha value is -1.22. The fourth-order valence-electron chi connectivity index (χ4n) is 1.02. The summed E-state index contributed by atoms with van der Waals surface area (Å²) in [6.07, 6.45) is 0. The molecule has 0 aliphatic carbocycles. The lowest BCUT2D eigenvalue weighted by Gasteiger charge is -2.10. The van der Waals surface area contributed by atoms with Gasteiger partial charge in [0.05, 0.1) is 0 Å². The van der Waals surface area contributed by atoms with E-state index in [-0.39, 0.29) is 23.5 Å². The molecule has 0 heterocycles. The van der Waals surface area contributed by atoms with Gasteiger partial charge in [-0.25, -0.2) is 0 Å². The van der Waals surface area contributed by atoms with E-state index in [1.54, 1.807) is 26.0 Å². The van der Waals surface area contributed by atoms with Gasteiger partial charge in [0, 0.05) is 23.6 Å². The minimum atomic E-state index is -0.241. The van der Waals surface area contributed by atoms with Crippen molar-refractivity contribution >= 4 is 23.2 Å². The summed E-state index contributed by atoms with van der Waals surface area (Å²) in [6, 6.07) is 5.01. The molecule has 1 rings (SSSR count). The number of hydrogen-bond donors (Lipinski definition) is 2. The third-order valence-electron chi connectivity index (χ3n) is 2.16. The SMILES string of the molecule is Cc1ccc(NC(=O)C(C)CCl)cc1O. The number of phenolic OH excluding ortho intramolecular Hbond substituents is 1. The molecule has 82 valence electrons. The van der Waals surface area contributed by atoms with Crippen LogP contribution in [0.25, 0.3) is 0 Å². The van der Waals surface area contributed by atoms with Gasteiger partial charge in [0.25, 0.3) is 0 Å². The second kappa shape index (κ2) is 5.03. The van der Waals surface area contributed by atoms with Crippen LogP contribution in [0.1, 0.15) is 12.5 Å². The smallest absolute Gasteiger partial charge is 0.228 e. The average molecular weight is 228 g/mol. The van der Waals surface area contributed by atoms with Crippen LogP contribution >= 0.6 is 11.6 Å². The van der Waals surface area contributed by atoms with Crippen molar-refractivity contribution in [1.29, 1.82) is 0 Å². The second-order valence-corrected chi connectivity index (χ2v) is 3.85. The van der Waals surface area contributed by atoms with Crippen molar-refractivity contribution < 1.29 is 9.90 Å². The molecule has 1 amide bonds. The highest BCUT2D eigenvalue weighted by atomic mass is 35.5. The summed E-state index contributed by atoms with van der Waals surface area (Å²) in [5.74, 6) is 0.0682. The van der Waals surface area contributed by atoms with Gasteiger partial charge in [-0.3, -0.25) is 4.79 Å². The minimum absolute atomic E-state index is 0.145. The first-order valence-corrected chi connectivity index (χ1v) is 5.24. The molecule has 0 aromatic heterocycles. The minimum Gasteiger partial charge on any atom is -0.508 e. The lowest BCUT2D eigenvalue weighted by atomic mass is 10.1. The summed E-state index contributed by atoms with van der Waals surface area (Å²) >= 11 is 5.56. The van der Waals surface area contributed by atoms with Crippen molar-refractivity contribution in [2.24, 2.45) is 5.92 Å². The fraction of sp³-hybridized carbons (Fsp3) is 0.364. The van der Waals surface area contributed by atoms with Gasteiger partial charge in [-0.15, -0.1) is 11.6 Å². The Bertz CT molecular complexity index is 366. The van der Waals surface area contributed by atoms with Crippen LogP contribution in [-0.2, 0) is 4.79 Å². The van der Waals surface area contributed by atoms with Gasteiger partial charge in [-0.1, -0.05) is 13.0 Å². The molecular weight excluding hydrogens is 214 g/mol. The number of hydrogen-bond acceptors (Lipinski definition) is 2. The predicted molar refractivity (Wildman–Crippen MR) is 61.4 cm³/mol. The van der Waals surface area contributed by atoms with E-state index in [0.717, 1.165) is 5.56 Å². The van der Waals surface area contributed by atoms with Crippen LogP contribution in [0.15, 0.2) is 18.2 Å². The van der Waals surface area contributed by atoms with Crippen molar-refractivity contribution in [2.45, 2.75) is 13.8 Å². The van der Waals surface area contributed by atoms with Crippen LogP contribution in [0.4, 0.5) is 5.69 Å². The van der Waals surface area contributed by atoms with E-state index in [9.17, 15) is 9.90 Å². The molecule has 2 N–H and O–H groups in total. The monoisotopic (exact) mass is 227 g/mol. The molecular formula is C11H14ClNO2. The van der Waals surface area contributed by atoms with Gasteiger partial charge >= 0.3 is 0 Å². The Morgan fingerprint density at radius 1 is 1.60 bits per heavy atom. The fourth-order valence-corrected chi connectivity index (χ4v) is 1.16. The molecule has 0 aliphatic heterocycles. The van der Waals surface area contributed by atoms with E-state index < -0.39 is 0 Å². The zero-order chi connectivity index (χ0) is 11.4. The van der Waals surface area contributed by atoms with Crippen LogP contribution in [0.2, 0.25) is 0 Å². The zero-order valence-electron chi connectivity index (χ0n) is 8.75. The van der Waals surface area contributed by atoms with Crippen molar-refractivity contribution in [3.63, 3.8) is 0 Å². The number of alkyl halides is 1. The Morgan fingerprint density at radius 2 is 2.27 bits per heavy atom. The molecule has 3 nitrogen and oxygen atoms in total. The number of benzene rings is 1. The lowest BCUT2D eigenvalue weighted by molar-refractivity contribution is -0.118. The lowest BCUT2D eigenvalue weighted by Crippen LogP contribution is -2.21. The summed E-state index contributed by atoms with van der Waals surface area (Å²) in [5, 5.41) is 12.1. The Balaban J connectivity index is 2.73. The number of amides is 1. The van der Waals surface area contributed by atoms with Crippen LogP contribution in [0.5, 0.6) is 5.75 Å². The van der Waals surface area contributed by atoms with E-state index in [1.165, 1.54) is 6.07 Å². The molecule has 0 bridgehead atoms. The molecule has 1 atom stereocenters. The van der Waals surface area contributed by atoms with Crippen molar-refractivity contribution in [2.75, 3.05) is 11.2 Å². The van der Waals surface area contributed by atoms with Crippen molar-refractivity contribution in [3.05, 3.63) is 23.8 Å². The number of carbonyl (C=O) groups is 1. The van der Waals surface area contributed by atoms with Crippen molar-refractivity contribution in [1.82, 2.24) is 0 Å². The molecule has 0 fully saturated rings. The first-order valence-electron chi connectivity index (χ1n) is 4.71. The highest BCUT2D eigenvalue weighted by Crippen LogP contribution is 2.21. The Morgan fingerprint density at radius 3 is 2.80 bits per heavy atom. The maximum Gasteiger partial charge on any atom is 0.228 e. The van der Waals surface area contributed by atoms with Gasteiger partial charge in [-0.2, -0.15) is 0 Å². The van der Waals surface area contributed by atoms with E-state index in [0.29, 0.717) is 5.69 Å². The number of halogens is 1. The maximum absolute atomic E-state index is 11.5. The first kappa shape index (κ1) is 11.9. The summed E-state index contributed by atoms with van der Waals surface area (Å²) < 4.78 is 0. The molecule has 15 heavy (non-hydrogen) atoms. The molecule has 1 unspecified atom stereocenters. The first-order chi connectivity index (χ1) is 7.04. The van der Waals surface area contributed by atoms with Gasteiger partial charge in [0.15, 0.2) is 0 Å². The normalized spacial score (nSPS) is 12.2. The largest absolute Gasteiger partial charge is 0.508 e. The number of aromatic hydroxyl groups is 1. The molecule has 0 radical (unpaired) electrons. The molecule has 1 aromatic rings. The topological polar surface area (TPSA) is 49.3 Å². The molecule has 4 heteroatoms. The second-order valence-electron chi connectivity index (χ2n) is 3.55. The molecule has 0 spiro atoms. The third-order valence-corrected chi connectivity index (χ3v) is 2.62. The highest BCUT2D eigenvalue weighted by molar-refractivity contribution is 6.19. The van der Waals surface area contributed by atoms with Crippen LogP contribution in [-0.4, -0.2) is 16.9 Å². The number of aryl methyl sites for hydroxylation is 1. The summed E-state index contributed by atoms with van der Waals surface area (Å²) in [6.45, 7) is 3.54. The quantitative estimate of drug-likeness (QED) is 0.780. The number of rotatable bonds is 3. The number of anilines is 1. The molecule has 0 saturated carbocycles. The summed E-state index contributed by atoms with van der Waals surface area (Å²) in [5.41, 5.74) is 1.36. The third kappa shape index (κ3) is 3.13. The van der Waals surface area contributed by atoms with E-state index in [4.69, 9.17) is 11.6 Å².